The number of aromatic nitrogens is 2. The summed E-state index contributed by atoms with van der Waals surface area (Å²) in [5.74, 6) is 1.13. The van der Waals surface area contributed by atoms with E-state index in [0.29, 0.717) is 11.9 Å². The Labute approximate surface area is 138 Å². The van der Waals surface area contributed by atoms with E-state index < -0.39 is 0 Å². The predicted molar refractivity (Wildman–Crippen MR) is 96.5 cm³/mol. The van der Waals surface area contributed by atoms with Crippen molar-refractivity contribution in [3.05, 3.63) is 57.2 Å². The number of hydrogen-bond donors (Lipinski definition) is 1. The molecule has 2 N–H and O–H groups in total. The van der Waals surface area contributed by atoms with Crippen molar-refractivity contribution in [2.75, 3.05) is 5.73 Å². The molecule has 0 spiro atoms. The van der Waals surface area contributed by atoms with E-state index in [9.17, 15) is 0 Å². The Morgan fingerprint density at radius 1 is 1.14 bits per heavy atom. The Bertz CT molecular complexity index is 773. The third-order valence-electron chi connectivity index (χ3n) is 3.73. The molecule has 0 aliphatic carbocycles. The molecular weight excluding hydrogens is 373 g/mol. The highest BCUT2D eigenvalue weighted by Gasteiger charge is 2.09. The summed E-state index contributed by atoms with van der Waals surface area (Å²) in [5.41, 5.74) is 10.7. The van der Waals surface area contributed by atoms with Gasteiger partial charge in [0, 0.05) is 3.57 Å². The van der Waals surface area contributed by atoms with Crippen molar-refractivity contribution >= 4 is 39.6 Å². The van der Waals surface area contributed by atoms with E-state index in [2.05, 4.69) is 88.5 Å². The maximum Gasteiger partial charge on any atom is 0.201 e. The number of hydrogen-bond acceptors (Lipinski definition) is 2. The fraction of sp³-hybridized carbons (Fsp3) is 0.235. The molecular formula is C17H18IN3. The molecule has 0 aliphatic heterocycles. The van der Waals surface area contributed by atoms with E-state index in [1.807, 2.05) is 0 Å². The van der Waals surface area contributed by atoms with Crippen molar-refractivity contribution in [1.82, 2.24) is 9.55 Å². The number of rotatable bonds is 3. The van der Waals surface area contributed by atoms with Gasteiger partial charge in [-0.3, -0.25) is 0 Å². The number of imidazole rings is 1. The van der Waals surface area contributed by atoms with Gasteiger partial charge < -0.3 is 10.3 Å². The highest BCUT2D eigenvalue weighted by Crippen LogP contribution is 2.22. The highest BCUT2D eigenvalue weighted by atomic mass is 127. The van der Waals surface area contributed by atoms with Crippen LogP contribution in [0.1, 0.15) is 30.9 Å². The van der Waals surface area contributed by atoms with Crippen LogP contribution in [0, 0.1) is 3.57 Å². The molecule has 2 aromatic carbocycles. The number of anilines is 1. The van der Waals surface area contributed by atoms with Crippen LogP contribution in [0.15, 0.2) is 42.5 Å². The molecule has 1 heterocycles. The lowest BCUT2D eigenvalue weighted by atomic mass is 10.0. The van der Waals surface area contributed by atoms with Gasteiger partial charge in [-0.05, 0) is 57.8 Å². The van der Waals surface area contributed by atoms with Gasteiger partial charge in [0.15, 0.2) is 0 Å². The van der Waals surface area contributed by atoms with Crippen LogP contribution >= 0.6 is 22.6 Å². The normalized spacial score (nSPS) is 11.4. The molecule has 4 heteroatoms. The quantitative estimate of drug-likeness (QED) is 0.673. The van der Waals surface area contributed by atoms with Crippen molar-refractivity contribution in [3.63, 3.8) is 0 Å². The van der Waals surface area contributed by atoms with E-state index in [0.717, 1.165) is 17.6 Å². The minimum Gasteiger partial charge on any atom is -0.369 e. The van der Waals surface area contributed by atoms with E-state index in [1.54, 1.807) is 0 Å². The van der Waals surface area contributed by atoms with Gasteiger partial charge in [0.25, 0.3) is 0 Å². The van der Waals surface area contributed by atoms with Gasteiger partial charge in [-0.1, -0.05) is 38.1 Å². The van der Waals surface area contributed by atoms with Crippen molar-refractivity contribution in [2.24, 2.45) is 0 Å². The average Bonchev–Trinajstić information content (AvgIpc) is 2.75. The summed E-state index contributed by atoms with van der Waals surface area (Å²) in [6.07, 6.45) is 0. The zero-order valence-electron chi connectivity index (χ0n) is 12.2. The van der Waals surface area contributed by atoms with Crippen LogP contribution in [0.4, 0.5) is 5.95 Å². The van der Waals surface area contributed by atoms with E-state index >= 15 is 0 Å². The zero-order valence-corrected chi connectivity index (χ0v) is 14.3. The van der Waals surface area contributed by atoms with Crippen LogP contribution in [0.2, 0.25) is 0 Å². The van der Waals surface area contributed by atoms with Gasteiger partial charge in [-0.25, -0.2) is 4.98 Å². The van der Waals surface area contributed by atoms with Crippen LogP contribution in [0.5, 0.6) is 0 Å². The number of nitrogens with zero attached hydrogens (tertiary/aromatic N) is 2. The second kappa shape index (κ2) is 5.67. The lowest BCUT2D eigenvalue weighted by molar-refractivity contribution is 0.830. The van der Waals surface area contributed by atoms with Gasteiger partial charge in [-0.2, -0.15) is 0 Å². The fourth-order valence-electron chi connectivity index (χ4n) is 2.48. The maximum absolute atomic E-state index is 6.08. The summed E-state index contributed by atoms with van der Waals surface area (Å²) in [6.45, 7) is 5.16. The van der Waals surface area contributed by atoms with Crippen LogP contribution in [0.3, 0.4) is 0 Å². The molecule has 108 valence electrons. The monoisotopic (exact) mass is 391 g/mol. The minimum atomic E-state index is 0.556. The molecule has 0 saturated carbocycles. The number of benzene rings is 2. The molecule has 0 radical (unpaired) electrons. The van der Waals surface area contributed by atoms with Crippen LogP contribution in [0.25, 0.3) is 11.0 Å². The van der Waals surface area contributed by atoms with E-state index in [1.165, 1.54) is 14.7 Å². The number of halogens is 1. The smallest absolute Gasteiger partial charge is 0.201 e. The predicted octanol–water partition coefficient (Wildman–Crippen LogP) is 4.39. The van der Waals surface area contributed by atoms with Crippen LogP contribution < -0.4 is 5.73 Å². The summed E-state index contributed by atoms with van der Waals surface area (Å²) >= 11 is 2.29. The molecule has 0 saturated heterocycles. The molecule has 0 unspecified atom stereocenters. The number of nitrogens with two attached hydrogens (primary N) is 1. The van der Waals surface area contributed by atoms with Gasteiger partial charge in [-0.15, -0.1) is 0 Å². The Morgan fingerprint density at radius 2 is 1.86 bits per heavy atom. The lowest BCUT2D eigenvalue weighted by Crippen LogP contribution is -2.04. The summed E-state index contributed by atoms with van der Waals surface area (Å²) in [5, 5.41) is 0. The largest absolute Gasteiger partial charge is 0.369 e. The molecule has 21 heavy (non-hydrogen) atoms. The van der Waals surface area contributed by atoms with Crippen LogP contribution in [-0.4, -0.2) is 9.55 Å². The van der Waals surface area contributed by atoms with Crippen molar-refractivity contribution < 1.29 is 0 Å². The van der Waals surface area contributed by atoms with Gasteiger partial charge >= 0.3 is 0 Å². The molecule has 3 rings (SSSR count). The van der Waals surface area contributed by atoms with Gasteiger partial charge in [0.1, 0.15) is 0 Å². The average molecular weight is 391 g/mol. The third kappa shape index (κ3) is 2.90. The number of fused-ring (bicyclic) bond motifs is 1. The highest BCUT2D eigenvalue weighted by molar-refractivity contribution is 14.1. The summed E-state index contributed by atoms with van der Waals surface area (Å²) < 4.78 is 3.24. The molecule has 0 aliphatic rings. The molecule has 0 fully saturated rings. The van der Waals surface area contributed by atoms with Gasteiger partial charge in [0.2, 0.25) is 5.95 Å². The van der Waals surface area contributed by atoms with Crippen molar-refractivity contribution in [2.45, 2.75) is 26.3 Å². The second-order valence-electron chi connectivity index (χ2n) is 5.59. The Kier molecular flexibility index (Phi) is 3.89. The molecule has 3 aromatic rings. The summed E-state index contributed by atoms with van der Waals surface area (Å²) in [6, 6.07) is 15.0. The van der Waals surface area contributed by atoms with Gasteiger partial charge in [0.05, 0.1) is 17.6 Å². The van der Waals surface area contributed by atoms with E-state index in [4.69, 9.17) is 5.73 Å². The topological polar surface area (TPSA) is 43.8 Å². The number of nitrogen functional groups attached to an aromatic ring is 1. The molecule has 0 bridgehead atoms. The first kappa shape index (κ1) is 14.4. The maximum atomic E-state index is 6.08. The Balaban J connectivity index is 1.96. The first-order valence-electron chi connectivity index (χ1n) is 7.04. The SMILES string of the molecule is CC(C)c1ccc(Cn2c(N)nc3cc(I)ccc32)cc1. The second-order valence-corrected chi connectivity index (χ2v) is 6.83. The third-order valence-corrected chi connectivity index (χ3v) is 4.40. The van der Waals surface area contributed by atoms with Crippen molar-refractivity contribution in [3.8, 4) is 0 Å². The standard InChI is InChI=1S/C17H18IN3/c1-11(2)13-5-3-12(4-6-13)10-21-16-8-7-14(18)9-15(16)20-17(21)19/h3-9,11H,10H2,1-2H3,(H2,19,20). The van der Waals surface area contributed by atoms with Crippen LogP contribution in [-0.2, 0) is 6.54 Å². The molecule has 1 aromatic heterocycles. The lowest BCUT2D eigenvalue weighted by Gasteiger charge is -2.09. The zero-order chi connectivity index (χ0) is 15.0. The summed E-state index contributed by atoms with van der Waals surface area (Å²) in [7, 11) is 0. The minimum absolute atomic E-state index is 0.556. The molecule has 0 atom stereocenters. The molecule has 3 nitrogen and oxygen atoms in total. The first-order valence-corrected chi connectivity index (χ1v) is 8.12. The Hall–Kier alpha value is -1.56. The Morgan fingerprint density at radius 3 is 2.52 bits per heavy atom. The first-order chi connectivity index (χ1) is 10.0. The molecule has 0 amide bonds. The fourth-order valence-corrected chi connectivity index (χ4v) is 2.95. The van der Waals surface area contributed by atoms with E-state index in [-0.39, 0.29) is 0 Å². The van der Waals surface area contributed by atoms with Crippen molar-refractivity contribution in [1.29, 1.82) is 0 Å². The summed E-state index contributed by atoms with van der Waals surface area (Å²) in [4.78, 5) is 4.45.